The van der Waals surface area contributed by atoms with Crippen LogP contribution in [0.15, 0.2) is 12.1 Å². The lowest BCUT2D eigenvalue weighted by atomic mass is 9.88. The standard InChI is InChI=1S/C12H23BO2/c1-7-10(2)8-9-13-14-11(3,4)12(5,6)15-13/h8-10H,7H2,1-6H3/b9-8+/t10-/m0/s1. The minimum Gasteiger partial charge on any atom is -0.400 e. The van der Waals surface area contributed by atoms with E-state index >= 15 is 0 Å². The predicted molar refractivity (Wildman–Crippen MR) is 64.7 cm³/mol. The monoisotopic (exact) mass is 210 g/mol. The van der Waals surface area contributed by atoms with E-state index in [0.717, 1.165) is 6.42 Å². The van der Waals surface area contributed by atoms with Gasteiger partial charge in [-0.05, 0) is 33.6 Å². The van der Waals surface area contributed by atoms with Gasteiger partial charge in [0.05, 0.1) is 11.2 Å². The summed E-state index contributed by atoms with van der Waals surface area (Å²) in [5, 5.41) is 0. The first-order valence-corrected chi connectivity index (χ1v) is 5.82. The first-order valence-electron chi connectivity index (χ1n) is 5.82. The second-order valence-corrected chi connectivity index (χ2v) is 5.40. The molecule has 1 aliphatic heterocycles. The molecule has 0 bridgehead atoms. The summed E-state index contributed by atoms with van der Waals surface area (Å²) in [4.78, 5) is 0. The van der Waals surface area contributed by atoms with Crippen LogP contribution in [0.1, 0.15) is 48.0 Å². The highest BCUT2D eigenvalue weighted by Gasteiger charge is 2.49. The molecule has 1 atom stereocenters. The van der Waals surface area contributed by atoms with Crippen LogP contribution >= 0.6 is 0 Å². The zero-order valence-electron chi connectivity index (χ0n) is 10.8. The van der Waals surface area contributed by atoms with Crippen molar-refractivity contribution < 1.29 is 9.31 Å². The summed E-state index contributed by atoms with van der Waals surface area (Å²) < 4.78 is 11.7. The van der Waals surface area contributed by atoms with E-state index in [2.05, 4.69) is 47.6 Å². The maximum atomic E-state index is 5.85. The van der Waals surface area contributed by atoms with E-state index in [1.54, 1.807) is 0 Å². The van der Waals surface area contributed by atoms with Crippen LogP contribution in [0.2, 0.25) is 0 Å². The van der Waals surface area contributed by atoms with Gasteiger partial charge in [-0.25, -0.2) is 0 Å². The van der Waals surface area contributed by atoms with Crippen molar-refractivity contribution >= 4 is 7.12 Å². The SMILES string of the molecule is CC[C@H](C)/C=C/B1OC(C)(C)C(C)(C)O1. The summed E-state index contributed by atoms with van der Waals surface area (Å²) in [5.41, 5.74) is -0.449. The Balaban J connectivity index is 2.60. The van der Waals surface area contributed by atoms with E-state index in [0.29, 0.717) is 5.92 Å². The molecule has 1 fully saturated rings. The van der Waals surface area contributed by atoms with Gasteiger partial charge in [0, 0.05) is 0 Å². The summed E-state index contributed by atoms with van der Waals surface area (Å²) in [6.07, 6.45) is 3.32. The predicted octanol–water partition coefficient (Wildman–Crippen LogP) is 3.22. The Hall–Kier alpha value is -0.275. The molecule has 1 heterocycles. The van der Waals surface area contributed by atoms with Crippen molar-refractivity contribution in [1.82, 2.24) is 0 Å². The van der Waals surface area contributed by atoms with Crippen LogP contribution in [-0.2, 0) is 9.31 Å². The number of hydrogen-bond acceptors (Lipinski definition) is 2. The molecule has 0 radical (unpaired) electrons. The lowest BCUT2D eigenvalue weighted by Crippen LogP contribution is -2.41. The molecule has 1 rings (SSSR count). The zero-order valence-corrected chi connectivity index (χ0v) is 10.8. The van der Waals surface area contributed by atoms with Crippen molar-refractivity contribution in [2.75, 3.05) is 0 Å². The molecule has 0 saturated carbocycles. The third-order valence-electron chi connectivity index (χ3n) is 3.51. The van der Waals surface area contributed by atoms with E-state index in [1.807, 2.05) is 5.98 Å². The molecule has 86 valence electrons. The molecule has 1 aliphatic rings. The summed E-state index contributed by atoms with van der Waals surface area (Å²) in [5.74, 6) is 2.62. The van der Waals surface area contributed by atoms with Gasteiger partial charge in [0.25, 0.3) is 0 Å². The van der Waals surface area contributed by atoms with Gasteiger partial charge >= 0.3 is 7.12 Å². The van der Waals surface area contributed by atoms with E-state index in [4.69, 9.17) is 9.31 Å². The number of rotatable bonds is 3. The van der Waals surface area contributed by atoms with Crippen molar-refractivity contribution in [1.29, 1.82) is 0 Å². The second-order valence-electron chi connectivity index (χ2n) is 5.40. The summed E-state index contributed by atoms with van der Waals surface area (Å²) in [6.45, 7) is 12.7. The van der Waals surface area contributed by atoms with Gasteiger partial charge in [0.2, 0.25) is 0 Å². The zero-order chi connectivity index (χ0) is 11.7. The van der Waals surface area contributed by atoms with Crippen LogP contribution in [0.3, 0.4) is 0 Å². The highest BCUT2D eigenvalue weighted by molar-refractivity contribution is 6.51. The van der Waals surface area contributed by atoms with Gasteiger partial charge in [-0.3, -0.25) is 0 Å². The van der Waals surface area contributed by atoms with E-state index in [1.165, 1.54) is 0 Å². The average molecular weight is 210 g/mol. The van der Waals surface area contributed by atoms with Crippen LogP contribution in [0.25, 0.3) is 0 Å². The van der Waals surface area contributed by atoms with Crippen molar-refractivity contribution in [2.45, 2.75) is 59.2 Å². The van der Waals surface area contributed by atoms with Crippen molar-refractivity contribution in [3.05, 3.63) is 12.1 Å². The van der Waals surface area contributed by atoms with E-state index < -0.39 is 0 Å². The Bertz CT molecular complexity index is 230. The molecule has 0 unspecified atom stereocenters. The van der Waals surface area contributed by atoms with Crippen LogP contribution in [0, 0.1) is 5.92 Å². The third kappa shape index (κ3) is 2.85. The highest BCUT2D eigenvalue weighted by Crippen LogP contribution is 2.36. The fourth-order valence-corrected chi connectivity index (χ4v) is 1.38. The normalized spacial score (nSPS) is 26.1. The molecule has 0 amide bonds. The molecule has 0 aromatic carbocycles. The third-order valence-corrected chi connectivity index (χ3v) is 3.51. The van der Waals surface area contributed by atoms with Crippen molar-refractivity contribution in [2.24, 2.45) is 5.92 Å². The Morgan fingerprint density at radius 2 is 1.60 bits per heavy atom. The quantitative estimate of drug-likeness (QED) is 0.666. The van der Waals surface area contributed by atoms with Crippen LogP contribution < -0.4 is 0 Å². The molecule has 0 aliphatic carbocycles. The first-order chi connectivity index (χ1) is 6.78. The Morgan fingerprint density at radius 3 is 2.00 bits per heavy atom. The maximum Gasteiger partial charge on any atom is 0.486 e. The molecule has 1 saturated heterocycles. The maximum absolute atomic E-state index is 5.85. The lowest BCUT2D eigenvalue weighted by Gasteiger charge is -2.32. The molecule has 2 nitrogen and oxygen atoms in total. The topological polar surface area (TPSA) is 18.5 Å². The summed E-state index contributed by atoms with van der Waals surface area (Å²) >= 11 is 0. The average Bonchev–Trinajstić information content (AvgIpc) is 2.31. The summed E-state index contributed by atoms with van der Waals surface area (Å²) in [6, 6.07) is 0. The van der Waals surface area contributed by atoms with Crippen molar-refractivity contribution in [3.8, 4) is 0 Å². The summed E-state index contributed by atoms with van der Waals surface area (Å²) in [7, 11) is -0.191. The minimum absolute atomic E-state index is 0.191. The van der Waals surface area contributed by atoms with Gasteiger partial charge in [-0.1, -0.05) is 32.3 Å². The van der Waals surface area contributed by atoms with Gasteiger partial charge < -0.3 is 9.31 Å². The molecule has 0 aromatic heterocycles. The van der Waals surface area contributed by atoms with Gasteiger partial charge in [0.1, 0.15) is 0 Å². The molecule has 0 spiro atoms. The molecule has 0 aromatic rings. The minimum atomic E-state index is -0.225. The molecule has 3 heteroatoms. The molecular weight excluding hydrogens is 187 g/mol. The van der Waals surface area contributed by atoms with Crippen molar-refractivity contribution in [3.63, 3.8) is 0 Å². The Kier molecular flexibility index (Phi) is 3.67. The van der Waals surface area contributed by atoms with E-state index in [9.17, 15) is 0 Å². The smallest absolute Gasteiger partial charge is 0.400 e. The Labute approximate surface area is 94.2 Å². The lowest BCUT2D eigenvalue weighted by molar-refractivity contribution is 0.00578. The van der Waals surface area contributed by atoms with Gasteiger partial charge in [-0.15, -0.1) is 0 Å². The van der Waals surface area contributed by atoms with Crippen LogP contribution in [-0.4, -0.2) is 18.3 Å². The number of hydrogen-bond donors (Lipinski definition) is 0. The van der Waals surface area contributed by atoms with Gasteiger partial charge in [0.15, 0.2) is 0 Å². The fourth-order valence-electron chi connectivity index (χ4n) is 1.38. The first kappa shape index (κ1) is 12.8. The fraction of sp³-hybridized carbons (Fsp3) is 0.833. The molecule has 0 N–H and O–H groups in total. The van der Waals surface area contributed by atoms with Crippen LogP contribution in [0.5, 0.6) is 0 Å². The largest absolute Gasteiger partial charge is 0.486 e. The molecule has 15 heavy (non-hydrogen) atoms. The van der Waals surface area contributed by atoms with E-state index in [-0.39, 0.29) is 18.3 Å². The van der Waals surface area contributed by atoms with Gasteiger partial charge in [-0.2, -0.15) is 0 Å². The second kappa shape index (κ2) is 4.30. The molecular formula is C12H23BO2. The van der Waals surface area contributed by atoms with Crippen LogP contribution in [0.4, 0.5) is 0 Å². The highest BCUT2D eigenvalue weighted by atomic mass is 16.7. The Morgan fingerprint density at radius 1 is 1.13 bits per heavy atom. The number of allylic oxidation sites excluding steroid dienone is 1.